The Balaban J connectivity index is 1.11. The van der Waals surface area contributed by atoms with Gasteiger partial charge in [-0.05, 0) is 55.2 Å². The third-order valence-corrected chi connectivity index (χ3v) is 7.11. The number of hydrogen-bond acceptors (Lipinski definition) is 4. The van der Waals surface area contributed by atoms with Crippen LogP contribution in [-0.4, -0.2) is 47.1 Å². The average molecular weight is 430 g/mol. The third-order valence-electron chi connectivity index (χ3n) is 7.11. The normalized spacial score (nSPS) is 20.6. The molecule has 166 valence electrons. The molecule has 1 N–H and O–H groups in total. The molecule has 3 aromatic rings. The van der Waals surface area contributed by atoms with E-state index < -0.39 is 0 Å². The Bertz CT molecular complexity index is 1100. The van der Waals surface area contributed by atoms with Gasteiger partial charge >= 0.3 is 0 Å². The second kappa shape index (κ2) is 9.00. The number of benzene rings is 2. The number of hydrogen-bond donors (Lipinski definition) is 1. The number of amides is 1. The number of pyridine rings is 1. The number of aryl methyl sites for hydroxylation is 1. The summed E-state index contributed by atoms with van der Waals surface area (Å²) in [5, 5.41) is 5.11. The van der Waals surface area contributed by atoms with Gasteiger partial charge in [0.1, 0.15) is 5.69 Å². The summed E-state index contributed by atoms with van der Waals surface area (Å²) in [7, 11) is 0. The maximum Gasteiger partial charge on any atom is 0.269 e. The van der Waals surface area contributed by atoms with Crippen LogP contribution < -0.4 is 5.32 Å². The molecule has 2 aliphatic rings. The van der Waals surface area contributed by atoms with E-state index in [-0.39, 0.29) is 17.6 Å². The zero-order valence-corrected chi connectivity index (χ0v) is 18.7. The molecule has 5 nitrogen and oxygen atoms in total. The lowest BCUT2D eigenvalue weighted by Gasteiger charge is -2.39. The zero-order chi connectivity index (χ0) is 22.0. The maximum absolute atomic E-state index is 12.6. The molecular formula is C27H31N3O2. The summed E-state index contributed by atoms with van der Waals surface area (Å²) < 4.78 is 6.51. The summed E-state index contributed by atoms with van der Waals surface area (Å²) in [6, 6.07) is 18.5. The van der Waals surface area contributed by atoms with Gasteiger partial charge in [0.25, 0.3) is 5.91 Å². The van der Waals surface area contributed by atoms with Crippen molar-refractivity contribution in [2.24, 2.45) is 0 Å². The number of rotatable bonds is 5. The van der Waals surface area contributed by atoms with Crippen molar-refractivity contribution >= 4 is 16.7 Å². The molecule has 1 aromatic heterocycles. The van der Waals surface area contributed by atoms with Crippen molar-refractivity contribution in [3.05, 3.63) is 77.6 Å². The van der Waals surface area contributed by atoms with Crippen LogP contribution in [0.15, 0.2) is 60.8 Å². The highest BCUT2D eigenvalue weighted by atomic mass is 16.5. The van der Waals surface area contributed by atoms with Crippen LogP contribution in [0.2, 0.25) is 0 Å². The van der Waals surface area contributed by atoms with Gasteiger partial charge < -0.3 is 10.1 Å². The van der Waals surface area contributed by atoms with Crippen molar-refractivity contribution in [3.63, 3.8) is 0 Å². The van der Waals surface area contributed by atoms with Crippen molar-refractivity contribution in [2.45, 2.75) is 50.9 Å². The summed E-state index contributed by atoms with van der Waals surface area (Å²) >= 11 is 0. The number of aromatic nitrogens is 1. The Morgan fingerprint density at radius 1 is 1.09 bits per heavy atom. The average Bonchev–Trinajstić information content (AvgIpc) is 3.22. The van der Waals surface area contributed by atoms with Gasteiger partial charge in [-0.25, -0.2) is 0 Å². The maximum atomic E-state index is 12.6. The van der Waals surface area contributed by atoms with Gasteiger partial charge in [-0.1, -0.05) is 48.5 Å². The molecule has 0 radical (unpaired) electrons. The first-order valence-electron chi connectivity index (χ1n) is 11.7. The first-order valence-corrected chi connectivity index (χ1v) is 11.7. The summed E-state index contributed by atoms with van der Waals surface area (Å²) in [5.41, 5.74) is 3.22. The molecule has 2 aliphatic heterocycles. The molecule has 1 amide bonds. The van der Waals surface area contributed by atoms with Crippen LogP contribution in [0.4, 0.5) is 0 Å². The fraction of sp³-hybridized carbons (Fsp3) is 0.407. The van der Waals surface area contributed by atoms with Gasteiger partial charge in [-0.3, -0.25) is 14.7 Å². The molecule has 0 saturated carbocycles. The molecule has 2 aromatic carbocycles. The number of likely N-dealkylation sites (tertiary alicyclic amines) is 1. The Labute approximate surface area is 189 Å². The van der Waals surface area contributed by atoms with Crippen molar-refractivity contribution in [3.8, 4) is 0 Å². The Hall–Kier alpha value is -2.76. The lowest BCUT2D eigenvalue weighted by molar-refractivity contribution is -0.0764. The minimum Gasteiger partial charge on any atom is -0.370 e. The molecule has 0 bridgehead atoms. The van der Waals surface area contributed by atoms with Crippen LogP contribution in [0.3, 0.4) is 0 Å². The third kappa shape index (κ3) is 4.54. The number of carbonyl (C=O) groups is 1. The summed E-state index contributed by atoms with van der Waals surface area (Å²) in [6.07, 6.45) is 6.06. The second-order valence-electron chi connectivity index (χ2n) is 9.29. The molecule has 1 spiro atoms. The number of piperidine rings is 1. The fourth-order valence-electron chi connectivity index (χ4n) is 5.06. The number of nitrogens with one attached hydrogen (secondary N) is 1. The molecule has 1 atom stereocenters. The van der Waals surface area contributed by atoms with Crippen molar-refractivity contribution in [1.82, 2.24) is 15.2 Å². The van der Waals surface area contributed by atoms with E-state index in [1.54, 1.807) is 6.20 Å². The Kier molecular flexibility index (Phi) is 5.94. The molecule has 32 heavy (non-hydrogen) atoms. The topological polar surface area (TPSA) is 54.5 Å². The van der Waals surface area contributed by atoms with Crippen molar-refractivity contribution in [2.75, 3.05) is 19.6 Å². The molecule has 0 unspecified atom stereocenters. The first kappa shape index (κ1) is 21.1. The zero-order valence-electron chi connectivity index (χ0n) is 18.7. The quantitative estimate of drug-likeness (QED) is 0.649. The number of fused-ring (bicyclic) bond motifs is 1. The Morgan fingerprint density at radius 3 is 2.66 bits per heavy atom. The summed E-state index contributed by atoms with van der Waals surface area (Å²) in [4.78, 5) is 19.5. The van der Waals surface area contributed by atoms with E-state index >= 15 is 0 Å². The molecule has 2 saturated heterocycles. The SMILES string of the molecule is Cc1ccccc1CN1CCC2(CC[C@H](CNC(=O)c3cc4ccccc4cn3)O2)CC1. The van der Waals surface area contributed by atoms with E-state index in [1.165, 1.54) is 11.1 Å². The van der Waals surface area contributed by atoms with E-state index in [2.05, 4.69) is 46.4 Å². The Morgan fingerprint density at radius 2 is 1.84 bits per heavy atom. The highest BCUT2D eigenvalue weighted by molar-refractivity contribution is 5.96. The number of nitrogens with zero attached hydrogens (tertiary/aromatic N) is 2. The van der Waals surface area contributed by atoms with Gasteiger partial charge in [-0.2, -0.15) is 0 Å². The van der Waals surface area contributed by atoms with Crippen LogP contribution in [0, 0.1) is 6.92 Å². The number of ether oxygens (including phenoxy) is 1. The highest BCUT2D eigenvalue weighted by Gasteiger charge is 2.42. The standard InChI is InChI=1S/C27H31N3O2/c1-20-6-2-3-9-23(20)19-30-14-12-27(13-15-30)11-10-24(32-27)18-29-26(31)25-16-21-7-4-5-8-22(21)17-28-25/h2-9,16-17,24H,10-15,18-19H2,1H3,(H,29,31)/t24-/m1/s1. The van der Waals surface area contributed by atoms with Gasteiger partial charge in [0.05, 0.1) is 11.7 Å². The van der Waals surface area contributed by atoms with Crippen LogP contribution in [0.5, 0.6) is 0 Å². The van der Waals surface area contributed by atoms with E-state index in [1.807, 2.05) is 30.3 Å². The fourth-order valence-corrected chi connectivity index (χ4v) is 5.06. The van der Waals surface area contributed by atoms with Crippen LogP contribution in [-0.2, 0) is 11.3 Å². The van der Waals surface area contributed by atoms with Crippen LogP contribution >= 0.6 is 0 Å². The largest absolute Gasteiger partial charge is 0.370 e. The molecular weight excluding hydrogens is 398 g/mol. The second-order valence-corrected chi connectivity index (χ2v) is 9.29. The lowest BCUT2D eigenvalue weighted by atomic mass is 9.88. The van der Waals surface area contributed by atoms with Gasteiger partial charge in [0.2, 0.25) is 0 Å². The number of carbonyl (C=O) groups excluding carboxylic acids is 1. The van der Waals surface area contributed by atoms with Gasteiger partial charge in [0, 0.05) is 37.8 Å². The monoisotopic (exact) mass is 429 g/mol. The molecule has 2 fully saturated rings. The van der Waals surface area contributed by atoms with Gasteiger partial charge in [0.15, 0.2) is 0 Å². The van der Waals surface area contributed by atoms with Crippen molar-refractivity contribution in [1.29, 1.82) is 0 Å². The van der Waals surface area contributed by atoms with Crippen LogP contribution in [0.1, 0.15) is 47.3 Å². The minimum atomic E-state index is -0.131. The summed E-state index contributed by atoms with van der Waals surface area (Å²) in [5.74, 6) is -0.131. The predicted molar refractivity (Wildman–Crippen MR) is 127 cm³/mol. The molecule has 0 aliphatic carbocycles. The predicted octanol–water partition coefficient (Wildman–Crippen LogP) is 4.49. The van der Waals surface area contributed by atoms with E-state index in [0.717, 1.165) is 56.1 Å². The van der Waals surface area contributed by atoms with Crippen molar-refractivity contribution < 1.29 is 9.53 Å². The molecule has 3 heterocycles. The molecule has 5 rings (SSSR count). The molecule has 5 heteroatoms. The minimum absolute atomic E-state index is 0.0151. The lowest BCUT2D eigenvalue weighted by Crippen LogP contribution is -2.45. The summed E-state index contributed by atoms with van der Waals surface area (Å²) in [6.45, 7) is 5.87. The smallest absolute Gasteiger partial charge is 0.269 e. The van der Waals surface area contributed by atoms with Crippen LogP contribution in [0.25, 0.3) is 10.8 Å². The van der Waals surface area contributed by atoms with E-state index in [4.69, 9.17) is 4.74 Å². The van der Waals surface area contributed by atoms with E-state index in [0.29, 0.717) is 12.2 Å². The van der Waals surface area contributed by atoms with E-state index in [9.17, 15) is 4.79 Å². The van der Waals surface area contributed by atoms with Gasteiger partial charge in [-0.15, -0.1) is 0 Å². The highest BCUT2D eigenvalue weighted by Crippen LogP contribution is 2.39. The first-order chi connectivity index (χ1) is 15.6.